The molecular weight excluding hydrogens is 192 g/mol. The zero-order valence-corrected chi connectivity index (χ0v) is 10.1. The van der Waals surface area contributed by atoms with Crippen LogP contribution in [0.5, 0.6) is 0 Å². The van der Waals surface area contributed by atoms with Crippen molar-refractivity contribution in [1.82, 2.24) is 10.3 Å². The van der Waals surface area contributed by atoms with E-state index in [9.17, 15) is 0 Å². The minimum absolute atomic E-state index is 0.732. The smallest absolute Gasteiger partial charge is 0.0794 e. The number of hydrogen-bond acceptors (Lipinski definition) is 3. The van der Waals surface area contributed by atoms with Gasteiger partial charge in [0, 0.05) is 11.1 Å². The fourth-order valence-corrected chi connectivity index (χ4v) is 2.16. The zero-order valence-electron chi connectivity index (χ0n) is 9.29. The highest BCUT2D eigenvalue weighted by molar-refractivity contribution is 7.09. The Balaban J connectivity index is 2.43. The number of nitrogens with one attached hydrogen (secondary N) is 1. The Morgan fingerprint density at radius 1 is 1.50 bits per heavy atom. The van der Waals surface area contributed by atoms with Gasteiger partial charge in [-0.3, -0.25) is 4.98 Å². The lowest BCUT2D eigenvalue weighted by Gasteiger charge is -2.20. The summed E-state index contributed by atoms with van der Waals surface area (Å²) in [4.78, 5) is 5.52. The van der Waals surface area contributed by atoms with Gasteiger partial charge in [-0.15, -0.1) is 11.3 Å². The van der Waals surface area contributed by atoms with Gasteiger partial charge in [0.05, 0.1) is 5.51 Å². The van der Waals surface area contributed by atoms with Crippen LogP contribution in [-0.4, -0.2) is 18.1 Å². The first-order chi connectivity index (χ1) is 6.74. The summed E-state index contributed by atoms with van der Waals surface area (Å²) >= 11 is 1.76. The molecule has 0 saturated carbocycles. The Kier molecular flexibility index (Phi) is 5.12. The highest BCUT2D eigenvalue weighted by Gasteiger charge is 2.13. The molecule has 2 nitrogen and oxygen atoms in total. The van der Waals surface area contributed by atoms with Crippen LogP contribution in [0.1, 0.15) is 25.6 Å². The van der Waals surface area contributed by atoms with Gasteiger partial charge in [0.1, 0.15) is 0 Å². The van der Waals surface area contributed by atoms with Crippen LogP contribution in [0, 0.1) is 11.8 Å². The summed E-state index contributed by atoms with van der Waals surface area (Å²) in [7, 11) is 0. The molecule has 1 aromatic heterocycles. The maximum absolute atomic E-state index is 4.11. The molecule has 0 bridgehead atoms. The maximum atomic E-state index is 4.11. The van der Waals surface area contributed by atoms with Crippen molar-refractivity contribution in [2.24, 2.45) is 11.8 Å². The molecular formula is C11H20N2S. The number of rotatable bonds is 6. The fraction of sp³-hybridized carbons (Fsp3) is 0.727. The highest BCUT2D eigenvalue weighted by atomic mass is 32.1. The molecule has 0 amide bonds. The van der Waals surface area contributed by atoms with Crippen molar-refractivity contribution in [3.05, 3.63) is 16.6 Å². The topological polar surface area (TPSA) is 24.9 Å². The van der Waals surface area contributed by atoms with Gasteiger partial charge in [-0.25, -0.2) is 0 Å². The summed E-state index contributed by atoms with van der Waals surface area (Å²) in [5.74, 6) is 1.46. The van der Waals surface area contributed by atoms with E-state index in [4.69, 9.17) is 0 Å². The summed E-state index contributed by atoms with van der Waals surface area (Å²) in [5.41, 5.74) is 1.92. The molecule has 1 unspecified atom stereocenters. The van der Waals surface area contributed by atoms with Crippen LogP contribution in [0.2, 0.25) is 0 Å². The number of hydrogen-bond donors (Lipinski definition) is 1. The Morgan fingerprint density at radius 2 is 2.29 bits per heavy atom. The fourth-order valence-electron chi connectivity index (χ4n) is 1.47. The van der Waals surface area contributed by atoms with Crippen LogP contribution in [0.15, 0.2) is 11.7 Å². The molecule has 0 aliphatic rings. The number of aromatic nitrogens is 1. The average molecular weight is 212 g/mol. The van der Waals surface area contributed by atoms with Crippen molar-refractivity contribution >= 4 is 11.3 Å². The normalized spacial score (nSPS) is 13.4. The van der Waals surface area contributed by atoms with E-state index < -0.39 is 0 Å². The predicted molar refractivity (Wildman–Crippen MR) is 62.7 cm³/mol. The van der Waals surface area contributed by atoms with E-state index in [1.807, 2.05) is 11.7 Å². The van der Waals surface area contributed by atoms with Crippen LogP contribution in [0.4, 0.5) is 0 Å². The molecule has 80 valence electrons. The molecule has 1 N–H and O–H groups in total. The van der Waals surface area contributed by atoms with Crippen LogP contribution in [0.3, 0.4) is 0 Å². The second kappa shape index (κ2) is 6.14. The van der Waals surface area contributed by atoms with Crippen LogP contribution >= 0.6 is 11.3 Å². The minimum Gasteiger partial charge on any atom is -0.317 e. The van der Waals surface area contributed by atoms with Gasteiger partial charge < -0.3 is 5.32 Å². The van der Waals surface area contributed by atoms with Gasteiger partial charge in [-0.1, -0.05) is 20.8 Å². The second-order valence-corrected chi connectivity index (χ2v) is 4.95. The van der Waals surface area contributed by atoms with E-state index in [-0.39, 0.29) is 0 Å². The lowest BCUT2D eigenvalue weighted by atomic mass is 9.92. The summed E-state index contributed by atoms with van der Waals surface area (Å²) in [6.45, 7) is 8.92. The molecule has 14 heavy (non-hydrogen) atoms. The monoisotopic (exact) mass is 212 g/mol. The summed E-state index contributed by atoms with van der Waals surface area (Å²) in [6.07, 6.45) is 3.15. The molecule has 0 aromatic carbocycles. The van der Waals surface area contributed by atoms with E-state index in [0.717, 1.165) is 31.3 Å². The molecule has 0 radical (unpaired) electrons. The molecule has 1 aromatic rings. The molecule has 1 atom stereocenters. The van der Waals surface area contributed by atoms with E-state index in [0.29, 0.717) is 0 Å². The van der Waals surface area contributed by atoms with Crippen LogP contribution in [0.25, 0.3) is 0 Å². The quantitative estimate of drug-likeness (QED) is 0.784. The van der Waals surface area contributed by atoms with Crippen molar-refractivity contribution in [3.63, 3.8) is 0 Å². The van der Waals surface area contributed by atoms with Gasteiger partial charge in [0.25, 0.3) is 0 Å². The van der Waals surface area contributed by atoms with E-state index >= 15 is 0 Å². The van der Waals surface area contributed by atoms with Crippen molar-refractivity contribution in [3.8, 4) is 0 Å². The summed E-state index contributed by atoms with van der Waals surface area (Å²) in [6, 6.07) is 0. The van der Waals surface area contributed by atoms with Crippen molar-refractivity contribution in [1.29, 1.82) is 0 Å². The summed E-state index contributed by atoms with van der Waals surface area (Å²) in [5, 5.41) is 3.43. The molecule has 0 aliphatic carbocycles. The zero-order chi connectivity index (χ0) is 10.4. The van der Waals surface area contributed by atoms with Gasteiger partial charge in [-0.05, 0) is 31.3 Å². The Hall–Kier alpha value is -0.410. The Bertz CT molecular complexity index is 231. The van der Waals surface area contributed by atoms with Gasteiger partial charge >= 0.3 is 0 Å². The Morgan fingerprint density at radius 3 is 2.79 bits per heavy atom. The number of nitrogens with zero attached hydrogens (tertiary/aromatic N) is 1. The molecule has 0 spiro atoms. The van der Waals surface area contributed by atoms with Crippen molar-refractivity contribution in [2.75, 3.05) is 13.1 Å². The van der Waals surface area contributed by atoms with Crippen LogP contribution in [-0.2, 0) is 6.42 Å². The largest absolute Gasteiger partial charge is 0.317 e. The Labute approximate surface area is 90.8 Å². The van der Waals surface area contributed by atoms with Crippen molar-refractivity contribution in [2.45, 2.75) is 27.2 Å². The van der Waals surface area contributed by atoms with Gasteiger partial charge in [-0.2, -0.15) is 0 Å². The molecule has 3 heteroatoms. The standard InChI is InChI=1S/C11H20N2S/c1-4-12-6-10(9(2)3)5-11-7-13-8-14-11/h7-10,12H,4-6H2,1-3H3. The molecule has 0 saturated heterocycles. The third-order valence-electron chi connectivity index (χ3n) is 2.55. The lowest BCUT2D eigenvalue weighted by molar-refractivity contribution is 0.365. The summed E-state index contributed by atoms with van der Waals surface area (Å²) < 4.78 is 0. The average Bonchev–Trinajstić information content (AvgIpc) is 2.64. The highest BCUT2D eigenvalue weighted by Crippen LogP contribution is 2.18. The third-order valence-corrected chi connectivity index (χ3v) is 3.35. The van der Waals surface area contributed by atoms with E-state index in [2.05, 4.69) is 31.1 Å². The minimum atomic E-state index is 0.732. The SMILES string of the molecule is CCNCC(Cc1cncs1)C(C)C. The van der Waals surface area contributed by atoms with E-state index in [1.165, 1.54) is 4.88 Å². The first-order valence-electron chi connectivity index (χ1n) is 5.32. The molecule has 0 aliphatic heterocycles. The lowest BCUT2D eigenvalue weighted by Crippen LogP contribution is -2.27. The second-order valence-electron chi connectivity index (χ2n) is 3.98. The molecule has 1 heterocycles. The maximum Gasteiger partial charge on any atom is 0.0794 e. The van der Waals surface area contributed by atoms with Gasteiger partial charge in [0.15, 0.2) is 0 Å². The first kappa shape index (κ1) is 11.7. The molecule has 1 rings (SSSR count). The van der Waals surface area contributed by atoms with Crippen molar-refractivity contribution < 1.29 is 0 Å². The molecule has 0 fully saturated rings. The third kappa shape index (κ3) is 3.76. The van der Waals surface area contributed by atoms with E-state index in [1.54, 1.807) is 11.3 Å². The first-order valence-corrected chi connectivity index (χ1v) is 6.20. The predicted octanol–water partition coefficient (Wildman–Crippen LogP) is 2.57. The van der Waals surface area contributed by atoms with Crippen LogP contribution < -0.4 is 5.32 Å². The van der Waals surface area contributed by atoms with Gasteiger partial charge in [0.2, 0.25) is 0 Å². The number of thiazole rings is 1.